The normalized spacial score (nSPS) is 9.91. The van der Waals surface area contributed by atoms with Crippen LogP contribution >= 0.6 is 0 Å². The highest BCUT2D eigenvalue weighted by molar-refractivity contribution is 5.96. The highest BCUT2D eigenvalue weighted by atomic mass is 19.1. The predicted octanol–water partition coefficient (Wildman–Crippen LogP) is 2.37. The first kappa shape index (κ1) is 15.4. The summed E-state index contributed by atoms with van der Waals surface area (Å²) in [6.07, 6.45) is 0.987. The van der Waals surface area contributed by atoms with E-state index in [2.05, 4.69) is 11.1 Å². The maximum Gasteiger partial charge on any atom is 0.259 e. The molecule has 0 N–H and O–H groups in total. The van der Waals surface area contributed by atoms with Crippen molar-refractivity contribution in [3.05, 3.63) is 59.0 Å². The summed E-state index contributed by atoms with van der Waals surface area (Å²) >= 11 is 0. The lowest BCUT2D eigenvalue weighted by molar-refractivity contribution is 0.0780. The molecule has 1 aromatic carbocycles. The molecule has 0 aliphatic carbocycles. The lowest BCUT2D eigenvalue weighted by Crippen LogP contribution is -2.27. The summed E-state index contributed by atoms with van der Waals surface area (Å²) in [5, 5.41) is 9.07. The van der Waals surface area contributed by atoms with Crippen LogP contribution in [0.5, 0.6) is 5.88 Å². The van der Waals surface area contributed by atoms with Gasteiger partial charge in [0, 0.05) is 13.6 Å². The molecule has 1 heterocycles. The Bertz CT molecular complexity index is 740. The Morgan fingerprint density at radius 2 is 2.18 bits per heavy atom. The molecule has 2 rings (SSSR count). The van der Waals surface area contributed by atoms with Crippen molar-refractivity contribution in [1.29, 1.82) is 5.26 Å². The average molecular weight is 299 g/mol. The summed E-state index contributed by atoms with van der Waals surface area (Å²) in [5.74, 6) is -0.988. The van der Waals surface area contributed by atoms with Gasteiger partial charge in [-0.05, 0) is 17.7 Å². The second-order valence-electron chi connectivity index (χ2n) is 4.64. The minimum atomic E-state index is -0.616. The molecule has 0 radical (unpaired) electrons. The Hall–Kier alpha value is -2.94. The Kier molecular flexibility index (Phi) is 4.69. The maximum absolute atomic E-state index is 13.3. The molecule has 0 saturated heterocycles. The van der Waals surface area contributed by atoms with Crippen LogP contribution < -0.4 is 4.74 Å². The number of aromatic nitrogens is 1. The fraction of sp³-hybridized carbons (Fsp3) is 0.188. The van der Waals surface area contributed by atoms with Crippen LogP contribution in [0.2, 0.25) is 0 Å². The first-order chi connectivity index (χ1) is 10.6. The van der Waals surface area contributed by atoms with E-state index in [1.165, 1.54) is 12.0 Å². The zero-order valence-corrected chi connectivity index (χ0v) is 12.2. The topological polar surface area (TPSA) is 66.2 Å². The van der Waals surface area contributed by atoms with Gasteiger partial charge in [-0.3, -0.25) is 4.79 Å². The van der Waals surface area contributed by atoms with E-state index in [4.69, 9.17) is 10.00 Å². The molecule has 0 fully saturated rings. The molecule has 0 aliphatic rings. The molecule has 5 nitrogen and oxygen atoms in total. The molecular weight excluding hydrogens is 285 g/mol. The number of hydrogen-bond donors (Lipinski definition) is 0. The highest BCUT2D eigenvalue weighted by Crippen LogP contribution is 2.19. The Morgan fingerprint density at radius 3 is 2.86 bits per heavy atom. The van der Waals surface area contributed by atoms with E-state index >= 15 is 0 Å². The molecule has 0 saturated carbocycles. The number of halogens is 1. The molecule has 22 heavy (non-hydrogen) atoms. The third-order valence-electron chi connectivity index (χ3n) is 3.13. The number of benzene rings is 1. The quantitative estimate of drug-likeness (QED) is 0.869. The third kappa shape index (κ3) is 3.20. The van der Waals surface area contributed by atoms with Crippen LogP contribution in [0.4, 0.5) is 4.39 Å². The van der Waals surface area contributed by atoms with Crippen molar-refractivity contribution < 1.29 is 13.9 Å². The van der Waals surface area contributed by atoms with Crippen molar-refractivity contribution in [1.82, 2.24) is 9.88 Å². The summed E-state index contributed by atoms with van der Waals surface area (Å²) in [6, 6.07) is 10.2. The number of hydrogen-bond acceptors (Lipinski definition) is 4. The number of carbonyl (C=O) groups is 1. The van der Waals surface area contributed by atoms with Crippen molar-refractivity contribution in [2.75, 3.05) is 14.2 Å². The lowest BCUT2D eigenvalue weighted by atomic mass is 10.1. The number of nitriles is 1. The van der Waals surface area contributed by atoms with E-state index in [0.29, 0.717) is 11.1 Å². The molecule has 2 aromatic rings. The fourth-order valence-electron chi connectivity index (χ4n) is 2.04. The van der Waals surface area contributed by atoms with Crippen molar-refractivity contribution in [3.63, 3.8) is 0 Å². The molecule has 0 spiro atoms. The van der Waals surface area contributed by atoms with Crippen molar-refractivity contribution in [2.24, 2.45) is 0 Å². The van der Waals surface area contributed by atoms with Gasteiger partial charge in [-0.1, -0.05) is 18.2 Å². The van der Waals surface area contributed by atoms with Crippen LogP contribution in [0, 0.1) is 17.1 Å². The first-order valence-corrected chi connectivity index (χ1v) is 6.49. The van der Waals surface area contributed by atoms with Crippen molar-refractivity contribution in [2.45, 2.75) is 6.54 Å². The van der Waals surface area contributed by atoms with Gasteiger partial charge < -0.3 is 9.64 Å². The van der Waals surface area contributed by atoms with Gasteiger partial charge in [-0.15, -0.1) is 0 Å². The van der Waals surface area contributed by atoms with Gasteiger partial charge in [0.15, 0.2) is 0 Å². The number of pyridine rings is 1. The van der Waals surface area contributed by atoms with Gasteiger partial charge in [0.2, 0.25) is 5.88 Å². The zero-order chi connectivity index (χ0) is 16.1. The number of methoxy groups -OCH3 is 1. The van der Waals surface area contributed by atoms with E-state index in [1.807, 2.05) is 0 Å². The van der Waals surface area contributed by atoms with E-state index < -0.39 is 11.7 Å². The minimum absolute atomic E-state index is 0.0411. The molecular formula is C16H14FN3O2. The number of carbonyl (C=O) groups excluding carboxylic acids is 1. The number of amides is 1. The molecule has 0 unspecified atom stereocenters. The van der Waals surface area contributed by atoms with Crippen LogP contribution in [0.25, 0.3) is 0 Å². The number of ether oxygens (including phenoxy) is 1. The largest absolute Gasteiger partial charge is 0.480 e. The van der Waals surface area contributed by atoms with Crippen LogP contribution in [-0.4, -0.2) is 29.9 Å². The molecule has 1 amide bonds. The molecule has 112 valence electrons. The standard InChI is InChI=1S/C16H14FN3O2/c1-20(10-12-6-4-3-5-11(12)8-18)16(21)14-7-13(17)9-19-15(14)22-2/h3-7,9H,10H2,1-2H3. The lowest BCUT2D eigenvalue weighted by Gasteiger charge is -2.19. The summed E-state index contributed by atoms with van der Waals surface area (Å²) in [6.45, 7) is 0.224. The fourth-order valence-corrected chi connectivity index (χ4v) is 2.04. The minimum Gasteiger partial charge on any atom is -0.480 e. The molecule has 0 bridgehead atoms. The number of nitrogens with zero attached hydrogens (tertiary/aromatic N) is 3. The van der Waals surface area contributed by atoms with Gasteiger partial charge in [0.25, 0.3) is 5.91 Å². The summed E-state index contributed by atoms with van der Waals surface area (Å²) in [4.78, 5) is 17.6. The third-order valence-corrected chi connectivity index (χ3v) is 3.13. The zero-order valence-electron chi connectivity index (χ0n) is 12.2. The second kappa shape index (κ2) is 6.68. The SMILES string of the molecule is COc1ncc(F)cc1C(=O)N(C)Cc1ccccc1C#N. The number of rotatable bonds is 4. The van der Waals surface area contributed by atoms with Crippen molar-refractivity contribution in [3.8, 4) is 11.9 Å². The van der Waals surface area contributed by atoms with Gasteiger partial charge in [-0.25, -0.2) is 9.37 Å². The Morgan fingerprint density at radius 1 is 1.45 bits per heavy atom. The average Bonchev–Trinajstić information content (AvgIpc) is 2.54. The van der Waals surface area contributed by atoms with Crippen LogP contribution in [0.3, 0.4) is 0 Å². The van der Waals surface area contributed by atoms with Gasteiger partial charge in [0.1, 0.15) is 11.4 Å². The highest BCUT2D eigenvalue weighted by Gasteiger charge is 2.19. The van der Waals surface area contributed by atoms with E-state index in [0.717, 1.165) is 12.3 Å². The Labute approximate surface area is 127 Å². The molecule has 0 aliphatic heterocycles. The second-order valence-corrected chi connectivity index (χ2v) is 4.64. The van der Waals surface area contributed by atoms with Crippen LogP contribution in [0.1, 0.15) is 21.5 Å². The van der Waals surface area contributed by atoms with Gasteiger partial charge >= 0.3 is 0 Å². The smallest absolute Gasteiger partial charge is 0.259 e. The molecule has 1 aromatic heterocycles. The van der Waals surface area contributed by atoms with E-state index in [-0.39, 0.29) is 18.0 Å². The summed E-state index contributed by atoms with van der Waals surface area (Å²) < 4.78 is 18.3. The van der Waals surface area contributed by atoms with Gasteiger partial charge in [-0.2, -0.15) is 5.26 Å². The molecule has 0 atom stereocenters. The monoisotopic (exact) mass is 299 g/mol. The van der Waals surface area contributed by atoms with Crippen molar-refractivity contribution >= 4 is 5.91 Å². The van der Waals surface area contributed by atoms with Gasteiger partial charge in [0.05, 0.1) is 24.9 Å². The summed E-state index contributed by atoms with van der Waals surface area (Å²) in [7, 11) is 2.93. The predicted molar refractivity (Wildman–Crippen MR) is 77.7 cm³/mol. The van der Waals surface area contributed by atoms with E-state index in [9.17, 15) is 9.18 Å². The summed E-state index contributed by atoms with van der Waals surface area (Å²) in [5.41, 5.74) is 1.25. The first-order valence-electron chi connectivity index (χ1n) is 6.49. The van der Waals surface area contributed by atoms with Crippen LogP contribution in [0.15, 0.2) is 36.5 Å². The van der Waals surface area contributed by atoms with Crippen LogP contribution in [-0.2, 0) is 6.54 Å². The molecule has 6 heteroatoms. The van der Waals surface area contributed by atoms with E-state index in [1.54, 1.807) is 31.3 Å². The maximum atomic E-state index is 13.3. The Balaban J connectivity index is 2.27.